The Kier molecular flexibility index (Phi) is 5.23. The number of nitrogens with zero attached hydrogens (tertiary/aromatic N) is 2. The van der Waals surface area contributed by atoms with Crippen molar-refractivity contribution in [3.05, 3.63) is 94.1 Å². The molecule has 2 heterocycles. The van der Waals surface area contributed by atoms with Gasteiger partial charge in [0.25, 0.3) is 0 Å². The van der Waals surface area contributed by atoms with Gasteiger partial charge in [-0.25, -0.2) is 4.98 Å². The van der Waals surface area contributed by atoms with E-state index in [2.05, 4.69) is 4.98 Å². The van der Waals surface area contributed by atoms with E-state index in [1.54, 1.807) is 0 Å². The fraction of sp³-hybridized carbons (Fsp3) is 0.0476. The first kappa shape index (κ1) is 18.4. The number of thioether (sulfide) groups is 1. The minimum absolute atomic E-state index is 0.390. The molecule has 0 radical (unpaired) electrons. The Morgan fingerprint density at radius 1 is 1.11 bits per heavy atom. The number of rotatable bonds is 5. The van der Waals surface area contributed by atoms with Gasteiger partial charge >= 0.3 is 0 Å². The van der Waals surface area contributed by atoms with E-state index in [0.717, 1.165) is 28.4 Å². The molecule has 0 unspecified atom stereocenters. The van der Waals surface area contributed by atoms with Gasteiger partial charge in [0.2, 0.25) is 5.43 Å². The van der Waals surface area contributed by atoms with Crippen molar-refractivity contribution in [2.24, 2.45) is 0 Å². The first-order chi connectivity index (χ1) is 13.6. The zero-order chi connectivity index (χ0) is 19.5. The van der Waals surface area contributed by atoms with Crippen LogP contribution in [0.3, 0.4) is 0 Å². The third-order valence-electron chi connectivity index (χ3n) is 4.08. The second-order valence-electron chi connectivity index (χ2n) is 5.99. The van der Waals surface area contributed by atoms with Gasteiger partial charge in [0.1, 0.15) is 12.0 Å². The summed E-state index contributed by atoms with van der Waals surface area (Å²) in [5.74, 6) is 0.441. The Morgan fingerprint density at radius 2 is 1.93 bits per heavy atom. The van der Waals surface area contributed by atoms with E-state index < -0.39 is 11.2 Å². The normalized spacial score (nSPS) is 10.9. The highest BCUT2D eigenvalue weighted by Crippen LogP contribution is 2.32. The SMILES string of the molecule is O=c1cc(CSc2ncc(-c3ccccc3)n2-c2cccc(Cl)c2)occ1O. The maximum absolute atomic E-state index is 11.6. The lowest BCUT2D eigenvalue weighted by Crippen LogP contribution is -2.01. The minimum atomic E-state index is -0.468. The van der Waals surface area contributed by atoms with Crippen LogP contribution in [0, 0.1) is 0 Å². The van der Waals surface area contributed by atoms with E-state index in [-0.39, 0.29) is 0 Å². The zero-order valence-electron chi connectivity index (χ0n) is 14.6. The van der Waals surface area contributed by atoms with Crippen molar-refractivity contribution in [2.45, 2.75) is 10.9 Å². The maximum Gasteiger partial charge on any atom is 0.226 e. The molecule has 0 aliphatic heterocycles. The van der Waals surface area contributed by atoms with Crippen molar-refractivity contribution < 1.29 is 9.52 Å². The second kappa shape index (κ2) is 7.96. The van der Waals surface area contributed by atoms with E-state index in [9.17, 15) is 9.90 Å². The Balaban J connectivity index is 1.73. The summed E-state index contributed by atoms with van der Waals surface area (Å²) in [4.78, 5) is 16.2. The molecule has 4 rings (SSSR count). The van der Waals surface area contributed by atoms with Crippen molar-refractivity contribution in [2.75, 3.05) is 0 Å². The first-order valence-corrected chi connectivity index (χ1v) is 9.81. The molecule has 0 aliphatic rings. The van der Waals surface area contributed by atoms with Crippen LogP contribution < -0.4 is 5.43 Å². The number of aromatic hydroxyl groups is 1. The molecule has 4 aromatic rings. The van der Waals surface area contributed by atoms with E-state index in [0.29, 0.717) is 16.5 Å². The van der Waals surface area contributed by atoms with Crippen LogP contribution in [0.5, 0.6) is 5.75 Å². The highest BCUT2D eigenvalue weighted by Gasteiger charge is 2.15. The van der Waals surface area contributed by atoms with Crippen molar-refractivity contribution >= 4 is 23.4 Å². The van der Waals surface area contributed by atoms with Gasteiger partial charge in [-0.1, -0.05) is 59.8 Å². The molecular weight excluding hydrogens is 396 g/mol. The predicted octanol–water partition coefficient (Wildman–Crippen LogP) is 5.14. The monoisotopic (exact) mass is 410 g/mol. The third kappa shape index (κ3) is 3.83. The average Bonchev–Trinajstić information content (AvgIpc) is 3.13. The van der Waals surface area contributed by atoms with Crippen LogP contribution >= 0.6 is 23.4 Å². The van der Waals surface area contributed by atoms with E-state index in [1.807, 2.05) is 65.4 Å². The fourth-order valence-electron chi connectivity index (χ4n) is 2.77. The standard InChI is InChI=1S/C21H15ClN2O3S/c22-15-7-4-8-16(9-15)24-18(14-5-2-1-3-6-14)11-23-21(24)28-13-17-10-19(25)20(26)12-27-17/h1-12,26H,13H2. The topological polar surface area (TPSA) is 68.3 Å². The second-order valence-corrected chi connectivity index (χ2v) is 7.37. The molecule has 0 saturated heterocycles. The Bertz CT molecular complexity index is 1170. The Morgan fingerprint density at radius 3 is 2.68 bits per heavy atom. The largest absolute Gasteiger partial charge is 0.502 e. The molecule has 28 heavy (non-hydrogen) atoms. The Labute approximate surface area is 170 Å². The molecule has 5 nitrogen and oxygen atoms in total. The molecule has 140 valence electrons. The van der Waals surface area contributed by atoms with Crippen molar-refractivity contribution in [3.63, 3.8) is 0 Å². The number of benzene rings is 2. The molecule has 0 amide bonds. The van der Waals surface area contributed by atoms with Gasteiger partial charge in [0.15, 0.2) is 10.9 Å². The lowest BCUT2D eigenvalue weighted by molar-refractivity contribution is 0.419. The van der Waals surface area contributed by atoms with E-state index in [1.165, 1.54) is 17.8 Å². The lowest BCUT2D eigenvalue weighted by Gasteiger charge is -2.12. The summed E-state index contributed by atoms with van der Waals surface area (Å²) in [6.45, 7) is 0. The molecule has 1 N–H and O–H groups in total. The highest BCUT2D eigenvalue weighted by atomic mass is 35.5. The molecule has 0 aliphatic carbocycles. The summed E-state index contributed by atoms with van der Waals surface area (Å²) in [5, 5.41) is 10.7. The molecule has 0 atom stereocenters. The summed E-state index contributed by atoms with van der Waals surface area (Å²) in [7, 11) is 0. The summed E-state index contributed by atoms with van der Waals surface area (Å²) in [6.07, 6.45) is 2.86. The van der Waals surface area contributed by atoms with Gasteiger partial charge in [-0.2, -0.15) is 0 Å². The fourth-order valence-corrected chi connectivity index (χ4v) is 3.84. The summed E-state index contributed by atoms with van der Waals surface area (Å²) >= 11 is 7.63. The highest BCUT2D eigenvalue weighted by molar-refractivity contribution is 7.98. The molecule has 2 aromatic carbocycles. The van der Waals surface area contributed by atoms with Gasteiger partial charge in [-0.05, 0) is 18.2 Å². The number of hydrogen-bond acceptors (Lipinski definition) is 5. The average molecular weight is 411 g/mol. The lowest BCUT2D eigenvalue weighted by atomic mass is 10.1. The summed E-state index contributed by atoms with van der Waals surface area (Å²) < 4.78 is 7.31. The van der Waals surface area contributed by atoms with Crippen molar-refractivity contribution in [1.29, 1.82) is 0 Å². The van der Waals surface area contributed by atoms with Crippen LogP contribution in [0.25, 0.3) is 16.9 Å². The molecular formula is C21H15ClN2O3S. The zero-order valence-corrected chi connectivity index (χ0v) is 16.2. The van der Waals surface area contributed by atoms with Crippen LogP contribution in [0.1, 0.15) is 5.76 Å². The van der Waals surface area contributed by atoms with Gasteiger partial charge in [0.05, 0.1) is 17.6 Å². The quantitative estimate of drug-likeness (QED) is 0.461. The molecule has 0 bridgehead atoms. The maximum atomic E-state index is 11.6. The number of hydrogen-bond donors (Lipinski definition) is 1. The van der Waals surface area contributed by atoms with Gasteiger partial charge in [-0.15, -0.1) is 0 Å². The summed E-state index contributed by atoms with van der Waals surface area (Å²) in [6, 6.07) is 18.8. The van der Waals surface area contributed by atoms with Gasteiger partial charge in [0, 0.05) is 22.3 Å². The van der Waals surface area contributed by atoms with E-state index in [4.69, 9.17) is 16.0 Å². The number of halogens is 1. The molecule has 0 spiro atoms. The third-order valence-corrected chi connectivity index (χ3v) is 5.29. The van der Waals surface area contributed by atoms with Crippen LogP contribution in [-0.4, -0.2) is 14.7 Å². The smallest absolute Gasteiger partial charge is 0.226 e. The van der Waals surface area contributed by atoms with Gasteiger partial charge in [-0.3, -0.25) is 9.36 Å². The van der Waals surface area contributed by atoms with Crippen LogP contribution in [0.4, 0.5) is 0 Å². The molecule has 0 fully saturated rings. The number of imidazole rings is 1. The van der Waals surface area contributed by atoms with E-state index >= 15 is 0 Å². The molecule has 2 aromatic heterocycles. The first-order valence-electron chi connectivity index (χ1n) is 8.44. The summed E-state index contributed by atoms with van der Waals surface area (Å²) in [5.41, 5.74) is 2.37. The van der Waals surface area contributed by atoms with Crippen LogP contribution in [0.15, 0.2) is 87.5 Å². The van der Waals surface area contributed by atoms with Crippen LogP contribution in [0.2, 0.25) is 5.02 Å². The van der Waals surface area contributed by atoms with Crippen LogP contribution in [-0.2, 0) is 5.75 Å². The van der Waals surface area contributed by atoms with Crippen molar-refractivity contribution in [3.8, 4) is 22.7 Å². The minimum Gasteiger partial charge on any atom is -0.502 e. The molecule has 0 saturated carbocycles. The Hall–Kier alpha value is -2.96. The number of aromatic nitrogens is 2. The van der Waals surface area contributed by atoms with Crippen molar-refractivity contribution in [1.82, 2.24) is 9.55 Å². The predicted molar refractivity (Wildman–Crippen MR) is 110 cm³/mol. The molecule has 7 heteroatoms. The van der Waals surface area contributed by atoms with Gasteiger partial charge < -0.3 is 9.52 Å².